The van der Waals surface area contributed by atoms with Gasteiger partial charge in [0.15, 0.2) is 5.65 Å². The Bertz CT molecular complexity index is 497. The van der Waals surface area contributed by atoms with Gasteiger partial charge in [0.1, 0.15) is 0 Å². The summed E-state index contributed by atoms with van der Waals surface area (Å²) in [6.45, 7) is 2.07. The quantitative estimate of drug-likeness (QED) is 0.701. The van der Waals surface area contributed by atoms with Gasteiger partial charge in [0, 0.05) is 17.8 Å². The summed E-state index contributed by atoms with van der Waals surface area (Å²) in [5, 5.41) is 0.738. The second-order valence-corrected chi connectivity index (χ2v) is 4.31. The maximum atomic E-state index is 6.08. The van der Waals surface area contributed by atoms with E-state index < -0.39 is 0 Å². The van der Waals surface area contributed by atoms with Crippen LogP contribution in [0.1, 0.15) is 30.1 Å². The molecule has 1 saturated carbocycles. The Morgan fingerprint density at radius 2 is 2.29 bits per heavy atom. The lowest BCUT2D eigenvalue weighted by atomic mass is 10.2. The normalized spacial score (nSPS) is 16.4. The standard InChI is InChI=1S/C11H11ClN2/c1-7-10(8-4-5-8)14-6-2-3-9(12)11(14)13-7/h2-3,6,8H,4-5H2,1H3. The summed E-state index contributed by atoms with van der Waals surface area (Å²) in [5.74, 6) is 0.712. The average Bonchev–Trinajstić information content (AvgIpc) is 2.91. The molecule has 2 heterocycles. The highest BCUT2D eigenvalue weighted by atomic mass is 35.5. The van der Waals surface area contributed by atoms with Gasteiger partial charge in [-0.1, -0.05) is 11.6 Å². The number of aryl methyl sites for hydroxylation is 1. The van der Waals surface area contributed by atoms with Crippen LogP contribution in [-0.4, -0.2) is 9.38 Å². The van der Waals surface area contributed by atoms with Gasteiger partial charge in [-0.3, -0.25) is 0 Å². The number of rotatable bonds is 1. The van der Waals surface area contributed by atoms with E-state index in [1.165, 1.54) is 18.5 Å². The lowest BCUT2D eigenvalue weighted by Gasteiger charge is -2.00. The minimum Gasteiger partial charge on any atom is -0.302 e. The van der Waals surface area contributed by atoms with Crippen LogP contribution < -0.4 is 0 Å². The van der Waals surface area contributed by atoms with E-state index in [1.54, 1.807) is 0 Å². The van der Waals surface area contributed by atoms with Gasteiger partial charge in [0.2, 0.25) is 0 Å². The SMILES string of the molecule is Cc1nc2c(Cl)cccn2c1C1CC1. The Labute approximate surface area is 87.5 Å². The van der Waals surface area contributed by atoms with Crippen molar-refractivity contribution in [1.82, 2.24) is 9.38 Å². The molecule has 0 aliphatic heterocycles. The van der Waals surface area contributed by atoms with Crippen LogP contribution in [0.15, 0.2) is 18.3 Å². The molecule has 3 rings (SSSR count). The Hall–Kier alpha value is -1.02. The molecule has 0 bridgehead atoms. The number of hydrogen-bond acceptors (Lipinski definition) is 1. The van der Waals surface area contributed by atoms with Crippen molar-refractivity contribution < 1.29 is 0 Å². The fraction of sp³-hybridized carbons (Fsp3) is 0.364. The second-order valence-electron chi connectivity index (χ2n) is 3.91. The predicted octanol–water partition coefficient (Wildman–Crippen LogP) is 3.17. The van der Waals surface area contributed by atoms with Gasteiger partial charge in [-0.2, -0.15) is 0 Å². The molecular formula is C11H11ClN2. The zero-order valence-corrected chi connectivity index (χ0v) is 8.75. The largest absolute Gasteiger partial charge is 0.302 e. The van der Waals surface area contributed by atoms with Gasteiger partial charge in [0.05, 0.1) is 10.7 Å². The van der Waals surface area contributed by atoms with Gasteiger partial charge in [-0.05, 0) is 31.9 Å². The highest BCUT2D eigenvalue weighted by molar-refractivity contribution is 6.33. The van der Waals surface area contributed by atoms with Crippen LogP contribution in [0.4, 0.5) is 0 Å². The summed E-state index contributed by atoms with van der Waals surface area (Å²) in [6.07, 6.45) is 4.64. The molecule has 3 heteroatoms. The molecule has 1 aliphatic carbocycles. The molecule has 1 fully saturated rings. The molecule has 0 atom stereocenters. The van der Waals surface area contributed by atoms with Crippen molar-refractivity contribution in [2.24, 2.45) is 0 Å². The topological polar surface area (TPSA) is 17.3 Å². The molecule has 14 heavy (non-hydrogen) atoms. The first-order valence-electron chi connectivity index (χ1n) is 4.90. The van der Waals surface area contributed by atoms with Crippen LogP contribution in [0.5, 0.6) is 0 Å². The minimum absolute atomic E-state index is 0.712. The summed E-state index contributed by atoms with van der Waals surface area (Å²) in [5.41, 5.74) is 3.37. The number of pyridine rings is 1. The fourth-order valence-corrected chi connectivity index (χ4v) is 2.22. The number of aromatic nitrogens is 2. The second kappa shape index (κ2) is 2.74. The summed E-state index contributed by atoms with van der Waals surface area (Å²) in [4.78, 5) is 4.50. The number of hydrogen-bond donors (Lipinski definition) is 0. The Morgan fingerprint density at radius 3 is 3.00 bits per heavy atom. The summed E-state index contributed by atoms with van der Waals surface area (Å²) >= 11 is 6.08. The third kappa shape index (κ3) is 1.07. The molecule has 0 amide bonds. The molecule has 1 aliphatic rings. The van der Waals surface area contributed by atoms with Crippen molar-refractivity contribution in [3.63, 3.8) is 0 Å². The lowest BCUT2D eigenvalue weighted by molar-refractivity contribution is 0.966. The van der Waals surface area contributed by atoms with E-state index in [1.807, 2.05) is 12.1 Å². The van der Waals surface area contributed by atoms with Gasteiger partial charge in [-0.25, -0.2) is 4.98 Å². The van der Waals surface area contributed by atoms with Crippen molar-refractivity contribution in [2.75, 3.05) is 0 Å². The van der Waals surface area contributed by atoms with Gasteiger partial charge in [0.25, 0.3) is 0 Å². The first-order valence-corrected chi connectivity index (χ1v) is 5.28. The van der Waals surface area contributed by atoms with Gasteiger partial charge in [-0.15, -0.1) is 0 Å². The first kappa shape index (κ1) is 8.30. The van der Waals surface area contributed by atoms with E-state index in [9.17, 15) is 0 Å². The van der Waals surface area contributed by atoms with E-state index in [0.29, 0.717) is 5.92 Å². The number of halogens is 1. The first-order chi connectivity index (χ1) is 6.77. The fourth-order valence-electron chi connectivity index (χ4n) is 2.01. The maximum Gasteiger partial charge on any atom is 0.156 e. The van der Waals surface area contributed by atoms with Crippen LogP contribution in [0.2, 0.25) is 5.02 Å². The Kier molecular flexibility index (Phi) is 1.62. The van der Waals surface area contributed by atoms with Crippen molar-refractivity contribution in [2.45, 2.75) is 25.7 Å². The number of fused-ring (bicyclic) bond motifs is 1. The Morgan fingerprint density at radius 1 is 1.50 bits per heavy atom. The van der Waals surface area contributed by atoms with Crippen LogP contribution in [-0.2, 0) is 0 Å². The van der Waals surface area contributed by atoms with Crippen LogP contribution >= 0.6 is 11.6 Å². The molecule has 2 aromatic rings. The molecule has 0 saturated heterocycles. The minimum atomic E-state index is 0.712. The molecule has 2 nitrogen and oxygen atoms in total. The summed E-state index contributed by atoms with van der Waals surface area (Å²) in [7, 11) is 0. The van der Waals surface area contributed by atoms with E-state index >= 15 is 0 Å². The van der Waals surface area contributed by atoms with Crippen molar-refractivity contribution in [3.8, 4) is 0 Å². The third-order valence-corrected chi connectivity index (χ3v) is 3.08. The number of nitrogens with zero attached hydrogens (tertiary/aromatic N) is 2. The van der Waals surface area contributed by atoms with E-state index in [2.05, 4.69) is 22.5 Å². The molecular weight excluding hydrogens is 196 g/mol. The summed E-state index contributed by atoms with van der Waals surface area (Å²) < 4.78 is 2.13. The molecule has 0 aromatic carbocycles. The molecule has 72 valence electrons. The molecule has 2 aromatic heterocycles. The zero-order valence-electron chi connectivity index (χ0n) is 8.00. The Balaban J connectivity index is 2.37. The zero-order chi connectivity index (χ0) is 9.71. The number of imidazole rings is 1. The molecule has 0 unspecified atom stereocenters. The smallest absolute Gasteiger partial charge is 0.156 e. The van der Waals surface area contributed by atoms with E-state index in [-0.39, 0.29) is 0 Å². The van der Waals surface area contributed by atoms with Crippen molar-refractivity contribution >= 4 is 17.2 Å². The summed E-state index contributed by atoms with van der Waals surface area (Å²) in [6, 6.07) is 3.86. The van der Waals surface area contributed by atoms with E-state index in [4.69, 9.17) is 11.6 Å². The van der Waals surface area contributed by atoms with E-state index in [0.717, 1.165) is 16.4 Å². The molecule has 0 N–H and O–H groups in total. The van der Waals surface area contributed by atoms with Gasteiger partial charge < -0.3 is 4.40 Å². The monoisotopic (exact) mass is 206 g/mol. The maximum absolute atomic E-state index is 6.08. The van der Waals surface area contributed by atoms with Crippen LogP contribution in [0.3, 0.4) is 0 Å². The third-order valence-electron chi connectivity index (χ3n) is 2.79. The lowest BCUT2D eigenvalue weighted by Crippen LogP contribution is -1.91. The van der Waals surface area contributed by atoms with Crippen molar-refractivity contribution in [1.29, 1.82) is 0 Å². The molecule has 0 radical (unpaired) electrons. The van der Waals surface area contributed by atoms with Gasteiger partial charge >= 0.3 is 0 Å². The van der Waals surface area contributed by atoms with Crippen molar-refractivity contribution in [3.05, 3.63) is 34.7 Å². The highest BCUT2D eigenvalue weighted by Crippen LogP contribution is 2.42. The predicted molar refractivity (Wildman–Crippen MR) is 56.9 cm³/mol. The average molecular weight is 207 g/mol. The highest BCUT2D eigenvalue weighted by Gasteiger charge is 2.29. The molecule has 0 spiro atoms. The van der Waals surface area contributed by atoms with Crippen LogP contribution in [0, 0.1) is 6.92 Å². The van der Waals surface area contributed by atoms with Crippen LogP contribution in [0.25, 0.3) is 5.65 Å².